The van der Waals surface area contributed by atoms with Gasteiger partial charge in [-0.15, -0.1) is 0 Å². The Morgan fingerprint density at radius 1 is 0.935 bits per heavy atom. The van der Waals surface area contributed by atoms with Crippen molar-refractivity contribution in [3.05, 3.63) is 98.6 Å². The largest absolute Gasteiger partial charge is 0.489 e. The zero-order valence-electron chi connectivity index (χ0n) is 26.3. The van der Waals surface area contributed by atoms with Gasteiger partial charge in [-0.25, -0.2) is 0 Å². The highest BCUT2D eigenvalue weighted by atomic mass is 35.5. The fourth-order valence-corrected chi connectivity index (χ4v) is 7.85. The molecule has 2 bridgehead atoms. The van der Waals surface area contributed by atoms with Crippen molar-refractivity contribution < 1.29 is 14.3 Å². The van der Waals surface area contributed by atoms with Crippen LogP contribution in [-0.4, -0.2) is 45.9 Å². The highest BCUT2D eigenvalue weighted by molar-refractivity contribution is 6.42. The number of halogens is 3. The molecule has 46 heavy (non-hydrogen) atoms. The number of nitrogens with one attached hydrogen (secondary N) is 1. The third-order valence-electron chi connectivity index (χ3n) is 9.32. The number of carbonyl (C=O) groups excluding carboxylic acids is 2. The number of hydrogen-bond donors (Lipinski definition) is 1. The maximum absolute atomic E-state index is 13.5. The minimum Gasteiger partial charge on any atom is -0.489 e. The van der Waals surface area contributed by atoms with Crippen LogP contribution in [0.5, 0.6) is 5.75 Å². The summed E-state index contributed by atoms with van der Waals surface area (Å²) in [7, 11) is 0. The second-order valence-corrected chi connectivity index (χ2v) is 14.2. The maximum atomic E-state index is 13.5. The van der Waals surface area contributed by atoms with Gasteiger partial charge in [0.2, 0.25) is 0 Å². The second-order valence-electron chi connectivity index (χ2n) is 12.9. The fraction of sp³-hybridized carbons (Fsp3) is 0.405. The molecule has 3 heterocycles. The van der Waals surface area contributed by atoms with Crippen LogP contribution in [0, 0.1) is 5.92 Å². The molecular weight excluding hydrogens is 641 g/mol. The van der Waals surface area contributed by atoms with E-state index in [1.165, 1.54) is 12.8 Å². The molecule has 2 fully saturated rings. The van der Waals surface area contributed by atoms with Crippen LogP contribution in [0.3, 0.4) is 0 Å². The van der Waals surface area contributed by atoms with Crippen molar-refractivity contribution in [1.82, 2.24) is 14.8 Å². The summed E-state index contributed by atoms with van der Waals surface area (Å²) in [6.07, 6.45) is 8.00. The van der Waals surface area contributed by atoms with Gasteiger partial charge in [0.15, 0.2) is 5.78 Å². The minimum atomic E-state index is -0.149. The summed E-state index contributed by atoms with van der Waals surface area (Å²) in [6.45, 7) is 6.11. The van der Waals surface area contributed by atoms with Gasteiger partial charge in [-0.3, -0.25) is 14.5 Å². The Hall–Kier alpha value is -3.03. The zero-order chi connectivity index (χ0) is 32.4. The van der Waals surface area contributed by atoms with Gasteiger partial charge in [0.25, 0.3) is 5.91 Å². The second kappa shape index (κ2) is 14.4. The molecule has 4 aromatic rings. The minimum absolute atomic E-state index is 0.00330. The molecule has 2 saturated heterocycles. The van der Waals surface area contributed by atoms with Crippen LogP contribution in [0.2, 0.25) is 15.1 Å². The molecule has 0 aliphatic carbocycles. The van der Waals surface area contributed by atoms with Crippen molar-refractivity contribution in [3.8, 4) is 5.75 Å². The number of benzene rings is 3. The molecule has 1 N–H and O–H groups in total. The average Bonchev–Trinajstić information content (AvgIpc) is 3.51. The number of para-hydroxylation sites is 1. The van der Waals surface area contributed by atoms with Crippen molar-refractivity contribution >= 4 is 57.4 Å². The molecule has 3 aromatic carbocycles. The number of rotatable bonds is 12. The lowest BCUT2D eigenvalue weighted by molar-refractivity contribution is 0.0807. The number of amides is 1. The molecule has 0 saturated carbocycles. The van der Waals surface area contributed by atoms with Crippen molar-refractivity contribution in [3.63, 3.8) is 0 Å². The summed E-state index contributed by atoms with van der Waals surface area (Å²) in [5.41, 5.74) is 3.15. The number of piperidine rings is 1. The standard InChI is InChI=1S/C37H40Cl3N3O3/c1-23(2)46-35-9-4-8-30-31(37(45)41-21-24-10-13-32(39)33(40)18-24)22-42(36(30)35)14-5-15-43-28-11-12-29(43)17-25(16-28)19-34(44)26-6-3-7-27(38)20-26/h3-4,6-10,13,18,20,22-23,25,28-29H,5,11-12,14-17,19,21H2,1-2H3,(H,41,45)/t25-,28+,29-. The molecule has 6 nitrogen and oxygen atoms in total. The van der Waals surface area contributed by atoms with E-state index in [9.17, 15) is 9.59 Å². The van der Waals surface area contributed by atoms with E-state index in [-0.39, 0.29) is 17.8 Å². The normalized spacial score (nSPS) is 19.6. The van der Waals surface area contributed by atoms with Gasteiger partial charge in [-0.05, 0) is 87.8 Å². The topological polar surface area (TPSA) is 63.6 Å². The number of carbonyl (C=O) groups is 2. The van der Waals surface area contributed by atoms with E-state index in [0.29, 0.717) is 57.2 Å². The van der Waals surface area contributed by atoms with Gasteiger partial charge >= 0.3 is 0 Å². The summed E-state index contributed by atoms with van der Waals surface area (Å²) < 4.78 is 8.39. The van der Waals surface area contributed by atoms with Crippen molar-refractivity contribution in [2.24, 2.45) is 5.92 Å². The van der Waals surface area contributed by atoms with Crippen LogP contribution in [0.15, 0.2) is 66.9 Å². The molecule has 2 aliphatic rings. The summed E-state index contributed by atoms with van der Waals surface area (Å²) in [6, 6.07) is 19.6. The quantitative estimate of drug-likeness (QED) is 0.152. The van der Waals surface area contributed by atoms with Crippen LogP contribution in [0.1, 0.15) is 78.7 Å². The Bertz CT molecular complexity index is 1720. The van der Waals surface area contributed by atoms with E-state index >= 15 is 0 Å². The van der Waals surface area contributed by atoms with Gasteiger partial charge in [0, 0.05) is 60.3 Å². The van der Waals surface area contributed by atoms with Crippen LogP contribution in [0.4, 0.5) is 0 Å². The smallest absolute Gasteiger partial charge is 0.253 e. The SMILES string of the molecule is CC(C)Oc1cccc2c(C(=O)NCc3ccc(Cl)c(Cl)c3)cn(CCCN3[C@@H]4CC[C@H]3C[C@@H](CC(=O)c3cccc(Cl)c3)C4)c12. The number of hydrogen-bond acceptors (Lipinski definition) is 4. The van der Waals surface area contributed by atoms with Crippen molar-refractivity contribution in [1.29, 1.82) is 0 Å². The number of aromatic nitrogens is 1. The number of ketones is 1. The van der Waals surface area contributed by atoms with E-state index in [2.05, 4.69) is 14.8 Å². The predicted molar refractivity (Wildman–Crippen MR) is 187 cm³/mol. The van der Waals surface area contributed by atoms with Gasteiger partial charge in [0.1, 0.15) is 5.75 Å². The molecule has 9 heteroatoms. The number of aryl methyl sites for hydroxylation is 1. The van der Waals surface area contributed by atoms with Gasteiger partial charge in [0.05, 0.1) is 27.2 Å². The predicted octanol–water partition coefficient (Wildman–Crippen LogP) is 9.22. The summed E-state index contributed by atoms with van der Waals surface area (Å²) in [4.78, 5) is 29.1. The van der Waals surface area contributed by atoms with E-state index < -0.39 is 0 Å². The monoisotopic (exact) mass is 679 g/mol. The first-order chi connectivity index (χ1) is 22.2. The highest BCUT2D eigenvalue weighted by Gasteiger charge is 2.40. The van der Waals surface area contributed by atoms with Gasteiger partial charge in [-0.1, -0.05) is 65.1 Å². The zero-order valence-corrected chi connectivity index (χ0v) is 28.5. The molecule has 1 amide bonds. The molecule has 0 unspecified atom stereocenters. The lowest BCUT2D eigenvalue weighted by Crippen LogP contribution is -2.43. The first kappa shape index (κ1) is 32.9. The maximum Gasteiger partial charge on any atom is 0.253 e. The summed E-state index contributed by atoms with van der Waals surface area (Å²) in [5, 5.41) is 5.48. The van der Waals surface area contributed by atoms with Crippen LogP contribution < -0.4 is 10.1 Å². The van der Waals surface area contributed by atoms with Crippen LogP contribution in [-0.2, 0) is 13.1 Å². The Morgan fingerprint density at radius 2 is 1.70 bits per heavy atom. The lowest BCUT2D eigenvalue weighted by atomic mass is 9.85. The van der Waals surface area contributed by atoms with E-state index in [0.717, 1.165) is 54.6 Å². The molecule has 2 aliphatic heterocycles. The summed E-state index contributed by atoms with van der Waals surface area (Å²) in [5.74, 6) is 1.23. The van der Waals surface area contributed by atoms with E-state index in [1.54, 1.807) is 24.3 Å². The first-order valence-electron chi connectivity index (χ1n) is 16.2. The van der Waals surface area contributed by atoms with Crippen LogP contribution >= 0.6 is 34.8 Å². The number of nitrogens with zero attached hydrogens (tertiary/aromatic N) is 2. The third-order valence-corrected chi connectivity index (χ3v) is 10.3. The van der Waals surface area contributed by atoms with Crippen molar-refractivity contribution in [2.45, 2.75) is 83.6 Å². The number of Topliss-reactive ketones (excluding diaryl/α,β-unsaturated/α-hetero) is 1. The molecule has 3 atom stereocenters. The number of ether oxygens (including phenoxy) is 1. The Kier molecular flexibility index (Phi) is 10.3. The Balaban J connectivity index is 1.12. The van der Waals surface area contributed by atoms with Crippen molar-refractivity contribution in [2.75, 3.05) is 6.54 Å². The molecule has 242 valence electrons. The van der Waals surface area contributed by atoms with Gasteiger partial charge < -0.3 is 14.6 Å². The molecular formula is C37H40Cl3N3O3. The lowest BCUT2D eigenvalue weighted by Gasteiger charge is -2.39. The Morgan fingerprint density at radius 3 is 2.41 bits per heavy atom. The first-order valence-corrected chi connectivity index (χ1v) is 17.3. The summed E-state index contributed by atoms with van der Waals surface area (Å²) >= 11 is 18.4. The highest BCUT2D eigenvalue weighted by Crippen LogP contribution is 2.40. The third kappa shape index (κ3) is 7.41. The van der Waals surface area contributed by atoms with Gasteiger partial charge in [-0.2, -0.15) is 0 Å². The Labute approximate surface area is 285 Å². The average molecular weight is 681 g/mol. The molecule has 0 radical (unpaired) electrons. The number of fused-ring (bicyclic) bond motifs is 3. The molecule has 0 spiro atoms. The van der Waals surface area contributed by atoms with E-state index in [1.807, 2.05) is 56.4 Å². The van der Waals surface area contributed by atoms with Crippen LogP contribution in [0.25, 0.3) is 10.9 Å². The molecule has 1 aromatic heterocycles. The fourth-order valence-electron chi connectivity index (χ4n) is 7.34. The van der Waals surface area contributed by atoms with E-state index in [4.69, 9.17) is 39.5 Å². The molecule has 6 rings (SSSR count).